The van der Waals surface area contributed by atoms with Crippen molar-refractivity contribution in [3.63, 3.8) is 0 Å². The highest BCUT2D eigenvalue weighted by Crippen LogP contribution is 2.25. The fourth-order valence-electron chi connectivity index (χ4n) is 4.26. The Morgan fingerprint density at radius 2 is 1.62 bits per heavy atom. The lowest BCUT2D eigenvalue weighted by Crippen LogP contribution is -2.49. The van der Waals surface area contributed by atoms with Gasteiger partial charge in [0.05, 0.1) is 6.42 Å². The molecule has 8 nitrogen and oxygen atoms in total. The zero-order chi connectivity index (χ0) is 26.8. The van der Waals surface area contributed by atoms with E-state index in [0.717, 1.165) is 27.8 Å². The first-order valence-electron chi connectivity index (χ1n) is 12.3. The molecule has 1 atom stereocenters. The van der Waals surface area contributed by atoms with Crippen LogP contribution in [0.25, 0.3) is 11.1 Å². The summed E-state index contributed by atoms with van der Waals surface area (Å²) in [4.78, 5) is 31.8. The minimum absolute atomic E-state index is 0.0244. The molecule has 2 amide bonds. The lowest BCUT2D eigenvalue weighted by Gasteiger charge is -2.30. The molecule has 3 aromatic rings. The van der Waals surface area contributed by atoms with Crippen molar-refractivity contribution in [2.75, 3.05) is 13.1 Å². The Bertz CT molecular complexity index is 1220. The number of guanidine groups is 1. The van der Waals surface area contributed by atoms with E-state index in [1.165, 1.54) is 0 Å². The molecule has 8 heteroatoms. The number of hydrogen-bond acceptors (Lipinski definition) is 4. The molecule has 0 spiro atoms. The normalized spacial score (nSPS) is 11.5. The van der Waals surface area contributed by atoms with Gasteiger partial charge in [0.2, 0.25) is 11.8 Å². The van der Waals surface area contributed by atoms with Crippen molar-refractivity contribution in [3.8, 4) is 16.9 Å². The van der Waals surface area contributed by atoms with Gasteiger partial charge in [-0.3, -0.25) is 14.6 Å². The summed E-state index contributed by atoms with van der Waals surface area (Å²) in [7, 11) is 0. The monoisotopic (exact) mass is 501 g/mol. The Morgan fingerprint density at radius 1 is 0.946 bits per heavy atom. The van der Waals surface area contributed by atoms with E-state index in [9.17, 15) is 14.7 Å². The molecule has 3 aromatic carbocycles. The molecule has 0 saturated heterocycles. The van der Waals surface area contributed by atoms with Gasteiger partial charge in [0.25, 0.3) is 0 Å². The maximum atomic E-state index is 13.7. The highest BCUT2D eigenvalue weighted by Gasteiger charge is 2.28. The molecule has 0 aliphatic rings. The zero-order valence-corrected chi connectivity index (χ0v) is 21.1. The number of primary amides is 1. The molecule has 0 heterocycles. The van der Waals surface area contributed by atoms with E-state index in [-0.39, 0.29) is 24.0 Å². The van der Waals surface area contributed by atoms with Crippen molar-refractivity contribution < 1.29 is 14.7 Å². The van der Waals surface area contributed by atoms with Gasteiger partial charge in [0.15, 0.2) is 5.96 Å². The number of rotatable bonds is 12. The molecule has 0 saturated carbocycles. The number of hydrogen-bond donors (Lipinski definition) is 4. The van der Waals surface area contributed by atoms with Crippen LogP contribution in [0.2, 0.25) is 0 Å². The standard InChI is InChI=1S/C29H35N5O3/c1-20-8-12-22(13-9-20)25-6-3-2-5-23(25)19-27(36)34(18-16-21-10-14-24(35)15-11-21)26(28(30)37)7-4-17-33-29(31)32/h2-3,5-6,8-15,26,35H,4,7,16-19H2,1H3,(H2,30,37)(H4,31,32,33)/t26-/m1/s1. The van der Waals surface area contributed by atoms with Crippen molar-refractivity contribution in [1.29, 1.82) is 0 Å². The molecule has 0 unspecified atom stereocenters. The van der Waals surface area contributed by atoms with Gasteiger partial charge in [-0.25, -0.2) is 0 Å². The number of nitrogens with two attached hydrogens (primary N) is 3. The van der Waals surface area contributed by atoms with Gasteiger partial charge in [-0.05, 0) is 60.6 Å². The highest BCUT2D eigenvalue weighted by atomic mass is 16.3. The maximum Gasteiger partial charge on any atom is 0.240 e. The molecular formula is C29H35N5O3. The summed E-state index contributed by atoms with van der Waals surface area (Å²) in [6.45, 7) is 2.66. The predicted molar refractivity (Wildman–Crippen MR) is 147 cm³/mol. The lowest BCUT2D eigenvalue weighted by atomic mass is 9.96. The molecule has 3 rings (SSSR count). The third kappa shape index (κ3) is 8.10. The van der Waals surface area contributed by atoms with Gasteiger partial charge in [-0.2, -0.15) is 0 Å². The number of benzene rings is 3. The van der Waals surface area contributed by atoms with Crippen molar-refractivity contribution in [1.82, 2.24) is 4.90 Å². The average Bonchev–Trinajstić information content (AvgIpc) is 2.87. The summed E-state index contributed by atoms with van der Waals surface area (Å²) in [6, 6.07) is 21.9. The van der Waals surface area contributed by atoms with E-state index in [2.05, 4.69) is 4.99 Å². The van der Waals surface area contributed by atoms with Crippen LogP contribution in [0.4, 0.5) is 0 Å². The summed E-state index contributed by atoms with van der Waals surface area (Å²) in [5, 5.41) is 9.59. The van der Waals surface area contributed by atoms with Gasteiger partial charge in [-0.15, -0.1) is 0 Å². The van der Waals surface area contributed by atoms with Crippen LogP contribution in [0.5, 0.6) is 5.75 Å². The zero-order valence-electron chi connectivity index (χ0n) is 21.1. The van der Waals surface area contributed by atoms with Crippen molar-refractivity contribution in [2.45, 2.75) is 38.6 Å². The van der Waals surface area contributed by atoms with Gasteiger partial charge < -0.3 is 27.2 Å². The van der Waals surface area contributed by atoms with Crippen molar-refractivity contribution >= 4 is 17.8 Å². The minimum atomic E-state index is -0.801. The Hall–Kier alpha value is -4.33. The van der Waals surface area contributed by atoms with Crippen LogP contribution in [0.3, 0.4) is 0 Å². The van der Waals surface area contributed by atoms with Crippen LogP contribution in [0.15, 0.2) is 77.8 Å². The van der Waals surface area contributed by atoms with Crippen LogP contribution in [-0.2, 0) is 22.4 Å². The van der Waals surface area contributed by atoms with E-state index in [0.29, 0.717) is 32.4 Å². The number of carbonyl (C=O) groups excluding carboxylic acids is 2. The smallest absolute Gasteiger partial charge is 0.240 e. The first-order chi connectivity index (χ1) is 17.7. The minimum Gasteiger partial charge on any atom is -0.508 e. The summed E-state index contributed by atoms with van der Waals surface area (Å²) >= 11 is 0. The second-order valence-corrected chi connectivity index (χ2v) is 9.07. The fourth-order valence-corrected chi connectivity index (χ4v) is 4.26. The maximum absolute atomic E-state index is 13.7. The van der Waals surface area contributed by atoms with Gasteiger partial charge >= 0.3 is 0 Å². The van der Waals surface area contributed by atoms with Crippen LogP contribution in [-0.4, -0.2) is 46.9 Å². The molecule has 0 bridgehead atoms. The van der Waals surface area contributed by atoms with E-state index < -0.39 is 11.9 Å². The van der Waals surface area contributed by atoms with E-state index in [1.54, 1.807) is 29.2 Å². The Balaban J connectivity index is 1.85. The quantitative estimate of drug-likeness (QED) is 0.171. The second-order valence-electron chi connectivity index (χ2n) is 9.07. The number of phenols is 1. The van der Waals surface area contributed by atoms with E-state index >= 15 is 0 Å². The number of aromatic hydroxyl groups is 1. The largest absolute Gasteiger partial charge is 0.508 e. The van der Waals surface area contributed by atoms with Crippen LogP contribution in [0.1, 0.15) is 29.5 Å². The van der Waals surface area contributed by atoms with Crippen LogP contribution in [0, 0.1) is 6.92 Å². The fraction of sp³-hybridized carbons (Fsp3) is 0.276. The van der Waals surface area contributed by atoms with Gasteiger partial charge in [-0.1, -0.05) is 66.2 Å². The first-order valence-corrected chi connectivity index (χ1v) is 12.3. The topological polar surface area (TPSA) is 148 Å². The van der Waals surface area contributed by atoms with Gasteiger partial charge in [0.1, 0.15) is 11.8 Å². The van der Waals surface area contributed by atoms with E-state index in [4.69, 9.17) is 17.2 Å². The highest BCUT2D eigenvalue weighted by molar-refractivity contribution is 5.88. The van der Waals surface area contributed by atoms with Crippen molar-refractivity contribution in [2.24, 2.45) is 22.2 Å². The predicted octanol–water partition coefficient (Wildman–Crippen LogP) is 2.89. The molecule has 0 aromatic heterocycles. The summed E-state index contributed by atoms with van der Waals surface area (Å²) in [6.07, 6.45) is 1.46. The molecule has 37 heavy (non-hydrogen) atoms. The third-order valence-electron chi connectivity index (χ3n) is 6.25. The molecule has 7 N–H and O–H groups in total. The second kappa shape index (κ2) is 13.1. The van der Waals surface area contributed by atoms with Gasteiger partial charge in [0, 0.05) is 13.1 Å². The molecule has 194 valence electrons. The first kappa shape index (κ1) is 27.3. The number of carbonyl (C=O) groups is 2. The summed E-state index contributed by atoms with van der Waals surface area (Å²) in [5.41, 5.74) is 21.6. The molecule has 0 aliphatic carbocycles. The molecule has 0 aliphatic heterocycles. The average molecular weight is 502 g/mol. The molecule has 0 radical (unpaired) electrons. The lowest BCUT2D eigenvalue weighted by molar-refractivity contribution is -0.139. The number of amides is 2. The summed E-state index contributed by atoms with van der Waals surface area (Å²) < 4.78 is 0. The number of aliphatic imine (C=N–C) groups is 1. The Labute approximate surface area is 217 Å². The van der Waals surface area contributed by atoms with E-state index in [1.807, 2.05) is 55.5 Å². The van der Waals surface area contributed by atoms with Crippen LogP contribution < -0.4 is 17.2 Å². The Kier molecular flexibility index (Phi) is 9.66. The SMILES string of the molecule is Cc1ccc(-c2ccccc2CC(=O)N(CCc2ccc(O)cc2)[C@H](CCCN=C(N)N)C(N)=O)cc1. The summed E-state index contributed by atoms with van der Waals surface area (Å²) in [5.74, 6) is -0.623. The molecular weight excluding hydrogens is 466 g/mol. The van der Waals surface area contributed by atoms with Crippen molar-refractivity contribution in [3.05, 3.63) is 89.5 Å². The van der Waals surface area contributed by atoms with Crippen LogP contribution >= 0.6 is 0 Å². The third-order valence-corrected chi connectivity index (χ3v) is 6.25. The number of aryl methyl sites for hydroxylation is 1. The number of nitrogens with zero attached hydrogens (tertiary/aromatic N) is 2. The number of phenolic OH excluding ortho intramolecular Hbond substituents is 1. The molecule has 0 fully saturated rings. The Morgan fingerprint density at radius 3 is 2.27 bits per heavy atom.